The molecule has 0 aromatic heterocycles. The summed E-state index contributed by atoms with van der Waals surface area (Å²) in [6.07, 6.45) is 1.99. The zero-order valence-electron chi connectivity index (χ0n) is 15.9. The van der Waals surface area contributed by atoms with Crippen LogP contribution in [0.3, 0.4) is 0 Å². The smallest absolute Gasteiger partial charge is 0.332 e. The number of hydrogen-bond donors (Lipinski definition) is 0. The van der Waals surface area contributed by atoms with Gasteiger partial charge in [-0.05, 0) is 62.4 Å². The van der Waals surface area contributed by atoms with Gasteiger partial charge in [-0.25, -0.2) is 4.79 Å². The molecular weight excluding hydrogens is 358 g/mol. The van der Waals surface area contributed by atoms with Gasteiger partial charge in [0.05, 0.1) is 0 Å². The molecule has 0 spiro atoms. The molecule has 0 N–H and O–H groups in total. The molecule has 2 aromatic rings. The van der Waals surface area contributed by atoms with Crippen molar-refractivity contribution >= 4 is 23.3 Å². The Kier molecular flexibility index (Phi) is 4.59. The molecule has 3 nitrogen and oxygen atoms in total. The summed E-state index contributed by atoms with van der Waals surface area (Å²) in [5.74, 6) is -0.0408. The first-order valence-corrected chi connectivity index (χ1v) is 9.85. The van der Waals surface area contributed by atoms with Gasteiger partial charge in [0.25, 0.3) is 0 Å². The number of fused-ring (bicyclic) bond motifs is 3. The second-order valence-electron chi connectivity index (χ2n) is 8.37. The summed E-state index contributed by atoms with van der Waals surface area (Å²) in [5.41, 5.74) is 4.10. The molecule has 4 heteroatoms. The molecule has 1 aliphatic heterocycles. The van der Waals surface area contributed by atoms with Crippen molar-refractivity contribution in [1.29, 1.82) is 0 Å². The number of rotatable bonds is 2. The minimum absolute atomic E-state index is 0.0135. The van der Waals surface area contributed by atoms with E-state index in [9.17, 15) is 4.79 Å². The normalized spacial score (nSPS) is 24.0. The summed E-state index contributed by atoms with van der Waals surface area (Å²) >= 11 is 6.09. The Balaban J connectivity index is 1.77. The van der Waals surface area contributed by atoms with Gasteiger partial charge in [0.2, 0.25) is 0 Å². The highest BCUT2D eigenvalue weighted by Gasteiger charge is 2.46. The molecule has 0 radical (unpaired) electrons. The standard InChI is InChI=1S/C23H24ClNO2/c1-23(2,3)27-22(26)21-19(15-8-11-16(24)12-9-15)18-13-10-14-6-4-5-7-17(14)20(18)25-21/h4-9,11-12,18-19,21H,10,13H2,1-3H3/t18-,19-,21-/m1/s1. The van der Waals surface area contributed by atoms with Crippen molar-refractivity contribution in [3.8, 4) is 0 Å². The van der Waals surface area contributed by atoms with E-state index >= 15 is 0 Å². The SMILES string of the molecule is CC(C)(C)OC(=O)[C@@H]1N=C2c3ccccc3CC[C@@H]2[C@H]1c1ccc(Cl)cc1. The lowest BCUT2D eigenvalue weighted by Gasteiger charge is -2.29. The zero-order chi connectivity index (χ0) is 19.2. The maximum absolute atomic E-state index is 13.0. The molecule has 0 bridgehead atoms. The third kappa shape index (κ3) is 3.53. The molecule has 140 valence electrons. The van der Waals surface area contributed by atoms with Crippen molar-refractivity contribution in [2.24, 2.45) is 10.9 Å². The maximum Gasteiger partial charge on any atom is 0.332 e. The van der Waals surface area contributed by atoms with E-state index in [4.69, 9.17) is 21.3 Å². The van der Waals surface area contributed by atoms with E-state index in [2.05, 4.69) is 18.2 Å². The van der Waals surface area contributed by atoms with Crippen molar-refractivity contribution < 1.29 is 9.53 Å². The third-order valence-electron chi connectivity index (χ3n) is 5.32. The molecule has 0 saturated carbocycles. The van der Waals surface area contributed by atoms with Crippen LogP contribution >= 0.6 is 11.6 Å². The number of carbonyl (C=O) groups excluding carboxylic acids is 1. The third-order valence-corrected chi connectivity index (χ3v) is 5.58. The van der Waals surface area contributed by atoms with Crippen molar-refractivity contribution in [1.82, 2.24) is 0 Å². The van der Waals surface area contributed by atoms with Crippen LogP contribution in [0.2, 0.25) is 5.02 Å². The fourth-order valence-corrected chi connectivity index (χ4v) is 4.39. The molecule has 4 rings (SSSR count). The molecule has 27 heavy (non-hydrogen) atoms. The van der Waals surface area contributed by atoms with Gasteiger partial charge >= 0.3 is 5.97 Å². The minimum atomic E-state index is -0.534. The van der Waals surface area contributed by atoms with Crippen LogP contribution in [-0.2, 0) is 16.0 Å². The summed E-state index contributed by atoms with van der Waals surface area (Å²) in [6.45, 7) is 5.69. The van der Waals surface area contributed by atoms with E-state index in [-0.39, 0.29) is 17.8 Å². The second kappa shape index (κ2) is 6.79. The lowest BCUT2D eigenvalue weighted by Crippen LogP contribution is -2.35. The fraction of sp³-hybridized carbons (Fsp3) is 0.391. The molecular formula is C23H24ClNO2. The topological polar surface area (TPSA) is 38.7 Å². The highest BCUT2D eigenvalue weighted by atomic mass is 35.5. The Bertz CT molecular complexity index is 895. The predicted molar refractivity (Wildman–Crippen MR) is 109 cm³/mol. The van der Waals surface area contributed by atoms with Gasteiger partial charge in [0.1, 0.15) is 5.60 Å². The second-order valence-corrected chi connectivity index (χ2v) is 8.81. The number of benzene rings is 2. The van der Waals surface area contributed by atoms with Crippen LogP contribution in [0.15, 0.2) is 53.5 Å². The number of ether oxygens (including phenoxy) is 1. The summed E-state index contributed by atoms with van der Waals surface area (Å²) in [4.78, 5) is 17.9. The summed E-state index contributed by atoms with van der Waals surface area (Å²) in [7, 11) is 0. The average Bonchev–Trinajstić information content (AvgIpc) is 3.01. The Morgan fingerprint density at radius 1 is 1.11 bits per heavy atom. The van der Waals surface area contributed by atoms with Crippen LogP contribution in [0.5, 0.6) is 0 Å². The van der Waals surface area contributed by atoms with Crippen LogP contribution in [0.25, 0.3) is 0 Å². The number of nitrogens with zero attached hydrogens (tertiary/aromatic N) is 1. The van der Waals surface area contributed by atoms with E-state index < -0.39 is 11.6 Å². The highest BCUT2D eigenvalue weighted by molar-refractivity contribution is 6.30. The van der Waals surface area contributed by atoms with Gasteiger partial charge in [-0.1, -0.05) is 48.0 Å². The predicted octanol–water partition coefficient (Wildman–Crippen LogP) is 5.20. The van der Waals surface area contributed by atoms with E-state index in [1.807, 2.05) is 51.1 Å². The van der Waals surface area contributed by atoms with Gasteiger partial charge in [0.15, 0.2) is 6.04 Å². The van der Waals surface area contributed by atoms with E-state index in [1.165, 1.54) is 11.1 Å². The van der Waals surface area contributed by atoms with Crippen LogP contribution in [-0.4, -0.2) is 23.3 Å². The lowest BCUT2D eigenvalue weighted by atomic mass is 9.73. The Hall–Kier alpha value is -2.13. The average molecular weight is 382 g/mol. The van der Waals surface area contributed by atoms with E-state index in [0.29, 0.717) is 5.02 Å². The number of hydrogen-bond acceptors (Lipinski definition) is 3. The van der Waals surface area contributed by atoms with Crippen LogP contribution < -0.4 is 0 Å². The number of esters is 1. The van der Waals surface area contributed by atoms with Crippen LogP contribution in [0.4, 0.5) is 0 Å². The number of aliphatic imine (C=N–C) groups is 1. The Labute approximate surface area is 165 Å². The zero-order valence-corrected chi connectivity index (χ0v) is 16.7. The summed E-state index contributed by atoms with van der Waals surface area (Å²) < 4.78 is 5.72. The molecule has 0 fully saturated rings. The molecule has 3 atom stereocenters. The molecule has 0 saturated heterocycles. The molecule has 2 aromatic carbocycles. The molecule has 1 heterocycles. The monoisotopic (exact) mass is 381 g/mol. The first-order valence-electron chi connectivity index (χ1n) is 9.48. The van der Waals surface area contributed by atoms with E-state index in [1.54, 1.807) is 0 Å². The summed E-state index contributed by atoms with van der Waals surface area (Å²) in [6, 6.07) is 15.7. The van der Waals surface area contributed by atoms with Gasteiger partial charge in [0, 0.05) is 22.6 Å². The van der Waals surface area contributed by atoms with Gasteiger partial charge in [-0.3, -0.25) is 4.99 Å². The highest BCUT2D eigenvalue weighted by Crippen LogP contribution is 2.44. The lowest BCUT2D eigenvalue weighted by molar-refractivity contribution is -0.156. The van der Waals surface area contributed by atoms with Crippen LogP contribution in [0, 0.1) is 5.92 Å². The Morgan fingerprint density at radius 3 is 2.52 bits per heavy atom. The maximum atomic E-state index is 13.0. The molecule has 0 amide bonds. The largest absolute Gasteiger partial charge is 0.458 e. The first kappa shape index (κ1) is 18.2. The van der Waals surface area contributed by atoms with Gasteiger partial charge in [-0.2, -0.15) is 0 Å². The minimum Gasteiger partial charge on any atom is -0.458 e. The summed E-state index contributed by atoms with van der Waals surface area (Å²) in [5, 5.41) is 0.695. The molecule has 0 unspecified atom stereocenters. The van der Waals surface area contributed by atoms with Gasteiger partial charge < -0.3 is 4.74 Å². The number of halogens is 1. The van der Waals surface area contributed by atoms with Crippen molar-refractivity contribution in [3.63, 3.8) is 0 Å². The van der Waals surface area contributed by atoms with Crippen molar-refractivity contribution in [2.75, 3.05) is 0 Å². The van der Waals surface area contributed by atoms with Crippen molar-refractivity contribution in [3.05, 3.63) is 70.2 Å². The Morgan fingerprint density at radius 2 is 1.81 bits per heavy atom. The van der Waals surface area contributed by atoms with Crippen LogP contribution in [0.1, 0.15) is 49.8 Å². The quantitative estimate of drug-likeness (QED) is 0.670. The molecule has 2 aliphatic rings. The van der Waals surface area contributed by atoms with Gasteiger partial charge in [-0.15, -0.1) is 0 Å². The number of carbonyl (C=O) groups is 1. The van der Waals surface area contributed by atoms with Crippen molar-refractivity contribution in [2.45, 2.75) is 51.2 Å². The number of aryl methyl sites for hydroxylation is 1. The van der Waals surface area contributed by atoms with E-state index in [0.717, 1.165) is 24.1 Å². The fourth-order valence-electron chi connectivity index (χ4n) is 4.26. The molecule has 1 aliphatic carbocycles. The first-order chi connectivity index (χ1) is 12.8.